The molecule has 0 spiro atoms. The number of aliphatic hydroxyl groups is 4. The van der Waals surface area contributed by atoms with Crippen molar-refractivity contribution in [2.24, 2.45) is 0 Å². The number of phenols is 2. The maximum atomic E-state index is 12.9. The Morgan fingerprint density at radius 2 is 1.77 bits per heavy atom. The van der Waals surface area contributed by atoms with E-state index in [1.165, 1.54) is 30.3 Å². The third-order valence-corrected chi connectivity index (χ3v) is 7.80. The van der Waals surface area contributed by atoms with Gasteiger partial charge in [0.05, 0.1) is 13.2 Å². The van der Waals surface area contributed by atoms with Crippen LogP contribution in [0.5, 0.6) is 17.2 Å². The van der Waals surface area contributed by atoms with E-state index in [4.69, 9.17) is 28.1 Å². The second-order valence-corrected chi connectivity index (χ2v) is 11.8. The number of carbonyl (C=O) groups is 1. The van der Waals surface area contributed by atoms with E-state index in [1.54, 1.807) is 0 Å². The Hall–Kier alpha value is -3.89. The van der Waals surface area contributed by atoms with Crippen molar-refractivity contribution in [2.75, 3.05) is 19.8 Å². The lowest BCUT2D eigenvalue weighted by atomic mass is 9.98. The third kappa shape index (κ3) is 7.49. The monoisotopic (exact) mass is 686 g/mol. The molecule has 0 saturated carbocycles. The summed E-state index contributed by atoms with van der Waals surface area (Å²) in [5.74, 6) is -1.57. The number of rotatable bonds is 10. The molecule has 2 fully saturated rings. The molecule has 47 heavy (non-hydrogen) atoms. The molecular weight excluding hydrogens is 656 g/mol. The normalized spacial score (nSPS) is 29.5. The van der Waals surface area contributed by atoms with E-state index in [9.17, 15) is 53.2 Å². The Bertz CT molecular complexity index is 1770. The molecular formula is C28H30O18S. The van der Waals surface area contributed by atoms with Gasteiger partial charge in [0, 0.05) is 30.7 Å². The molecule has 19 heteroatoms. The number of ether oxygens (including phenoxy) is 5. The minimum absolute atomic E-state index is 0.0336. The first-order valence-electron chi connectivity index (χ1n) is 13.8. The van der Waals surface area contributed by atoms with Crippen LogP contribution in [0.1, 0.15) is 6.92 Å². The summed E-state index contributed by atoms with van der Waals surface area (Å²) < 4.78 is 69.9. The van der Waals surface area contributed by atoms with Crippen molar-refractivity contribution in [3.8, 4) is 28.6 Å². The van der Waals surface area contributed by atoms with Gasteiger partial charge in [-0.2, -0.15) is 8.42 Å². The molecule has 0 aliphatic carbocycles. The van der Waals surface area contributed by atoms with Crippen molar-refractivity contribution in [1.29, 1.82) is 0 Å². The summed E-state index contributed by atoms with van der Waals surface area (Å²) in [7, 11) is -5.26. The maximum Gasteiger partial charge on any atom is 0.397 e. The Morgan fingerprint density at radius 3 is 2.40 bits per heavy atom. The van der Waals surface area contributed by atoms with Gasteiger partial charge in [-0.25, -0.2) is 4.18 Å². The maximum absolute atomic E-state index is 12.9. The van der Waals surface area contributed by atoms with Crippen molar-refractivity contribution in [2.45, 2.75) is 55.6 Å². The topological polar surface area (TPSA) is 278 Å². The summed E-state index contributed by atoms with van der Waals surface area (Å²) in [6.07, 6.45) is -12.9. The van der Waals surface area contributed by atoms with Crippen LogP contribution in [0.3, 0.4) is 0 Å². The molecule has 256 valence electrons. The predicted octanol–water partition coefficient (Wildman–Crippen LogP) is -1.09. The molecule has 8 atom stereocenters. The largest absolute Gasteiger partial charge is 0.508 e. The molecule has 0 amide bonds. The first-order chi connectivity index (χ1) is 22.1. The number of aliphatic hydroxyl groups excluding tert-OH is 3. The molecule has 18 nitrogen and oxygen atoms in total. The second kappa shape index (κ2) is 13.3. The summed E-state index contributed by atoms with van der Waals surface area (Å²) in [4.78, 5) is 24.3. The molecule has 2 aliphatic heterocycles. The fourth-order valence-corrected chi connectivity index (χ4v) is 5.54. The summed E-state index contributed by atoms with van der Waals surface area (Å²) in [6.45, 7) is -1.37. The first kappa shape index (κ1) is 34.4. The number of benzene rings is 2. The van der Waals surface area contributed by atoms with Crippen molar-refractivity contribution in [1.82, 2.24) is 0 Å². The third-order valence-electron chi connectivity index (χ3n) is 7.35. The summed E-state index contributed by atoms with van der Waals surface area (Å²) in [5.41, 5.74) is -2.81. The lowest BCUT2D eigenvalue weighted by molar-refractivity contribution is -0.318. The number of fused-ring (bicyclic) bond motifs is 1. The fraction of sp³-hybridized carbons (Fsp3) is 0.429. The van der Waals surface area contributed by atoms with Gasteiger partial charge in [0.15, 0.2) is 23.9 Å². The van der Waals surface area contributed by atoms with Gasteiger partial charge in [-0.05, 0) is 24.3 Å². The van der Waals surface area contributed by atoms with Gasteiger partial charge >= 0.3 is 16.4 Å². The molecule has 5 rings (SSSR count). The summed E-state index contributed by atoms with van der Waals surface area (Å²) in [6, 6.07) is 9.00. The molecule has 2 saturated heterocycles. The quantitative estimate of drug-likeness (QED) is 0.0985. The zero-order chi connectivity index (χ0) is 34.3. The van der Waals surface area contributed by atoms with Gasteiger partial charge in [0.25, 0.3) is 0 Å². The Kier molecular flexibility index (Phi) is 9.76. The van der Waals surface area contributed by atoms with Crippen LogP contribution in [-0.2, 0) is 38.3 Å². The van der Waals surface area contributed by atoms with E-state index in [-0.39, 0.29) is 28.2 Å². The van der Waals surface area contributed by atoms with E-state index < -0.39 is 96.1 Å². The molecule has 0 bridgehead atoms. The van der Waals surface area contributed by atoms with Gasteiger partial charge < -0.3 is 58.7 Å². The van der Waals surface area contributed by atoms with Gasteiger partial charge in [-0.15, -0.1) is 0 Å². The number of carbonyl (C=O) groups excluding carboxylic acids is 1. The Labute approximate surface area is 264 Å². The van der Waals surface area contributed by atoms with E-state index >= 15 is 0 Å². The Balaban J connectivity index is 1.50. The lowest BCUT2D eigenvalue weighted by Crippen LogP contribution is -2.62. The van der Waals surface area contributed by atoms with Gasteiger partial charge in [-0.1, -0.05) is 0 Å². The first-order valence-corrected chi connectivity index (χ1v) is 15.1. The molecule has 2 aliphatic rings. The van der Waals surface area contributed by atoms with E-state index in [1.807, 2.05) is 0 Å². The number of hydrogen-bond acceptors (Lipinski definition) is 17. The summed E-state index contributed by atoms with van der Waals surface area (Å²) in [5, 5.41) is 62.1. The van der Waals surface area contributed by atoms with Crippen molar-refractivity contribution in [3.05, 3.63) is 52.7 Å². The Morgan fingerprint density at radius 1 is 1.06 bits per heavy atom. The van der Waals surface area contributed by atoms with Crippen molar-refractivity contribution < 1.29 is 80.7 Å². The van der Waals surface area contributed by atoms with Crippen LogP contribution in [0.2, 0.25) is 0 Å². The van der Waals surface area contributed by atoms with Crippen LogP contribution >= 0.6 is 0 Å². The average molecular weight is 687 g/mol. The minimum Gasteiger partial charge on any atom is -0.508 e. The van der Waals surface area contributed by atoms with Crippen molar-refractivity contribution >= 4 is 27.3 Å². The lowest BCUT2D eigenvalue weighted by Gasteiger charge is -2.43. The number of esters is 1. The van der Waals surface area contributed by atoms with E-state index in [2.05, 4.69) is 4.18 Å². The molecule has 3 heterocycles. The van der Waals surface area contributed by atoms with Crippen molar-refractivity contribution in [3.63, 3.8) is 0 Å². The fourth-order valence-electron chi connectivity index (χ4n) is 5.01. The highest BCUT2D eigenvalue weighted by molar-refractivity contribution is 7.80. The molecule has 8 unspecified atom stereocenters. The highest BCUT2D eigenvalue weighted by Crippen LogP contribution is 2.36. The summed E-state index contributed by atoms with van der Waals surface area (Å²) >= 11 is 0. The van der Waals surface area contributed by atoms with Crippen LogP contribution in [0.25, 0.3) is 22.3 Å². The zero-order valence-electron chi connectivity index (χ0n) is 24.2. The van der Waals surface area contributed by atoms with Crippen LogP contribution in [0.4, 0.5) is 0 Å². The molecule has 0 radical (unpaired) electrons. The number of phenolic OH excluding ortho intramolecular Hbond substituents is 2. The molecule has 2 aromatic carbocycles. The van der Waals surface area contributed by atoms with Crippen LogP contribution in [0.15, 0.2) is 51.7 Å². The smallest absolute Gasteiger partial charge is 0.397 e. The SMILES string of the molecule is CC(=O)OCC1OC(Oc2cc(O)c3c(=O)cc(-c4ccc(O)cc4)oc3c2)C(OC2OCC(O)(CO)C2OS(=O)(=O)O)C(O)C1O. The number of hydrogen-bond donors (Lipinski definition) is 7. The van der Waals surface area contributed by atoms with Crippen LogP contribution < -0.4 is 10.2 Å². The van der Waals surface area contributed by atoms with Gasteiger partial charge in [0.2, 0.25) is 6.29 Å². The minimum atomic E-state index is -5.26. The highest BCUT2D eigenvalue weighted by Gasteiger charge is 2.56. The van der Waals surface area contributed by atoms with Crippen LogP contribution in [0, 0.1) is 0 Å². The highest BCUT2D eigenvalue weighted by atomic mass is 32.3. The average Bonchev–Trinajstić information content (AvgIpc) is 3.29. The van der Waals surface area contributed by atoms with Crippen LogP contribution in [-0.4, -0.2) is 118 Å². The predicted molar refractivity (Wildman–Crippen MR) is 152 cm³/mol. The van der Waals surface area contributed by atoms with E-state index in [0.29, 0.717) is 5.56 Å². The van der Waals surface area contributed by atoms with E-state index in [0.717, 1.165) is 19.1 Å². The van der Waals surface area contributed by atoms with Gasteiger partial charge in [0.1, 0.15) is 64.5 Å². The molecule has 1 aromatic heterocycles. The molecule has 7 N–H and O–H groups in total. The zero-order valence-corrected chi connectivity index (χ0v) is 25.1. The second-order valence-electron chi connectivity index (χ2n) is 10.8. The number of aromatic hydroxyl groups is 2. The standard InChI is InChI=1S/C28H30O18S/c1-12(30)40-9-20-22(34)23(35)24(45-27-25(46-47(37,38)39)28(36,10-29)11-41-27)26(44-20)42-15-6-16(32)21-17(33)8-18(43-19(21)7-15)13-2-4-14(31)5-3-13/h2-8,20,22-27,29,31-32,34-36H,9-11H2,1H3,(H,37,38,39). The van der Waals surface area contributed by atoms with Gasteiger partial charge in [-0.3, -0.25) is 14.1 Å². The molecule has 3 aromatic rings.